The molecule has 0 aliphatic rings. The largest absolute Gasteiger partial charge is 0.399 e. The van der Waals surface area contributed by atoms with Gasteiger partial charge in [-0.25, -0.2) is 0 Å². The first-order valence-electron chi connectivity index (χ1n) is 7.24. The predicted octanol–water partition coefficient (Wildman–Crippen LogP) is 3.03. The van der Waals surface area contributed by atoms with Gasteiger partial charge in [-0.3, -0.25) is 4.79 Å². The first-order chi connectivity index (χ1) is 10.1. The van der Waals surface area contributed by atoms with Crippen LogP contribution in [0.5, 0.6) is 0 Å². The van der Waals surface area contributed by atoms with Gasteiger partial charge in [-0.15, -0.1) is 0 Å². The van der Waals surface area contributed by atoms with Crippen molar-refractivity contribution < 1.29 is 4.79 Å². The second-order valence-electron chi connectivity index (χ2n) is 5.34. The molecule has 0 fully saturated rings. The van der Waals surface area contributed by atoms with Gasteiger partial charge in [0.05, 0.1) is 6.42 Å². The molecule has 3 heteroatoms. The Kier molecular flexibility index (Phi) is 4.99. The molecule has 2 aromatic carbocycles. The number of carbonyl (C=O) groups is 1. The van der Waals surface area contributed by atoms with Crippen molar-refractivity contribution in [1.29, 1.82) is 0 Å². The number of nitrogens with two attached hydrogens (primary N) is 1. The van der Waals surface area contributed by atoms with Crippen LogP contribution in [0.3, 0.4) is 0 Å². The van der Waals surface area contributed by atoms with E-state index >= 15 is 0 Å². The molecule has 3 nitrogen and oxygen atoms in total. The first kappa shape index (κ1) is 15.1. The van der Waals surface area contributed by atoms with Crippen molar-refractivity contribution in [2.45, 2.75) is 26.3 Å². The van der Waals surface area contributed by atoms with Crippen LogP contribution in [0.1, 0.15) is 23.6 Å². The molecule has 0 atom stereocenters. The van der Waals surface area contributed by atoms with Gasteiger partial charge in [0, 0.05) is 19.3 Å². The van der Waals surface area contributed by atoms with Gasteiger partial charge in [-0.05, 0) is 35.2 Å². The first-order valence-corrected chi connectivity index (χ1v) is 7.24. The average Bonchev–Trinajstić information content (AvgIpc) is 2.50. The van der Waals surface area contributed by atoms with Crippen molar-refractivity contribution >= 4 is 11.6 Å². The van der Waals surface area contributed by atoms with E-state index in [0.29, 0.717) is 13.0 Å². The lowest BCUT2D eigenvalue weighted by Crippen LogP contribution is -2.27. The van der Waals surface area contributed by atoms with E-state index in [2.05, 4.69) is 31.2 Å². The molecular weight excluding hydrogens is 260 g/mol. The van der Waals surface area contributed by atoms with E-state index in [1.807, 2.05) is 31.3 Å². The molecule has 2 aromatic rings. The number of rotatable bonds is 5. The highest BCUT2D eigenvalue weighted by atomic mass is 16.2. The lowest BCUT2D eigenvalue weighted by atomic mass is 10.1. The fraction of sp³-hybridized carbons (Fsp3) is 0.278. The van der Waals surface area contributed by atoms with E-state index in [4.69, 9.17) is 5.73 Å². The predicted molar refractivity (Wildman–Crippen MR) is 86.9 cm³/mol. The summed E-state index contributed by atoms with van der Waals surface area (Å²) in [5.41, 5.74) is 9.82. The van der Waals surface area contributed by atoms with E-state index in [1.165, 1.54) is 5.56 Å². The topological polar surface area (TPSA) is 46.3 Å². The van der Waals surface area contributed by atoms with Crippen molar-refractivity contribution in [1.82, 2.24) is 4.90 Å². The fourth-order valence-corrected chi connectivity index (χ4v) is 2.19. The third-order valence-electron chi connectivity index (χ3n) is 3.61. The summed E-state index contributed by atoms with van der Waals surface area (Å²) in [6.07, 6.45) is 1.44. The molecule has 21 heavy (non-hydrogen) atoms. The van der Waals surface area contributed by atoms with Crippen LogP contribution in [0.2, 0.25) is 0 Å². The van der Waals surface area contributed by atoms with Crippen LogP contribution in [-0.2, 0) is 24.2 Å². The molecular formula is C18H22N2O. The quantitative estimate of drug-likeness (QED) is 0.857. The maximum Gasteiger partial charge on any atom is 0.227 e. The van der Waals surface area contributed by atoms with Crippen molar-refractivity contribution in [3.05, 3.63) is 65.2 Å². The van der Waals surface area contributed by atoms with Gasteiger partial charge < -0.3 is 10.6 Å². The molecule has 0 radical (unpaired) electrons. The summed E-state index contributed by atoms with van der Waals surface area (Å²) < 4.78 is 0. The van der Waals surface area contributed by atoms with Gasteiger partial charge in [0.1, 0.15) is 0 Å². The van der Waals surface area contributed by atoms with E-state index < -0.39 is 0 Å². The summed E-state index contributed by atoms with van der Waals surface area (Å²) in [5.74, 6) is 0.110. The molecule has 0 aliphatic carbocycles. The average molecular weight is 282 g/mol. The summed E-state index contributed by atoms with van der Waals surface area (Å²) in [7, 11) is 1.84. The van der Waals surface area contributed by atoms with E-state index in [-0.39, 0.29) is 5.91 Å². The highest BCUT2D eigenvalue weighted by Crippen LogP contribution is 2.10. The van der Waals surface area contributed by atoms with Gasteiger partial charge in [-0.2, -0.15) is 0 Å². The number of likely N-dealkylation sites (N-methyl/N-ethyl adjacent to an activating group) is 1. The Morgan fingerprint density at radius 1 is 0.952 bits per heavy atom. The normalized spacial score (nSPS) is 10.4. The van der Waals surface area contributed by atoms with Crippen LogP contribution in [0.15, 0.2) is 48.5 Å². The Morgan fingerprint density at radius 2 is 1.48 bits per heavy atom. The molecule has 0 aliphatic heterocycles. The molecule has 0 unspecified atom stereocenters. The van der Waals surface area contributed by atoms with Gasteiger partial charge >= 0.3 is 0 Å². The summed E-state index contributed by atoms with van der Waals surface area (Å²) >= 11 is 0. The number of nitrogen functional groups attached to an aromatic ring is 1. The number of carbonyl (C=O) groups excluding carboxylic acids is 1. The zero-order valence-electron chi connectivity index (χ0n) is 12.7. The smallest absolute Gasteiger partial charge is 0.227 e. The molecule has 0 heterocycles. The number of hydrogen-bond donors (Lipinski definition) is 1. The number of hydrogen-bond acceptors (Lipinski definition) is 2. The number of anilines is 1. The van der Waals surface area contributed by atoms with Crippen LogP contribution in [0.25, 0.3) is 0 Å². The van der Waals surface area contributed by atoms with Crippen LogP contribution >= 0.6 is 0 Å². The van der Waals surface area contributed by atoms with Gasteiger partial charge in [0.25, 0.3) is 0 Å². The van der Waals surface area contributed by atoms with Crippen LogP contribution < -0.4 is 5.73 Å². The molecule has 0 bridgehead atoms. The minimum atomic E-state index is 0.110. The van der Waals surface area contributed by atoms with E-state index in [1.54, 1.807) is 4.90 Å². The zero-order chi connectivity index (χ0) is 15.2. The minimum absolute atomic E-state index is 0.110. The second-order valence-corrected chi connectivity index (χ2v) is 5.34. The number of amides is 1. The van der Waals surface area contributed by atoms with Gasteiger partial charge in [0.15, 0.2) is 0 Å². The monoisotopic (exact) mass is 282 g/mol. The van der Waals surface area contributed by atoms with Gasteiger partial charge in [0.2, 0.25) is 5.91 Å². The minimum Gasteiger partial charge on any atom is -0.399 e. The summed E-state index contributed by atoms with van der Waals surface area (Å²) in [6.45, 7) is 2.77. The molecule has 2 rings (SSSR count). The lowest BCUT2D eigenvalue weighted by molar-refractivity contribution is -0.129. The van der Waals surface area contributed by atoms with Crippen molar-refractivity contribution in [2.75, 3.05) is 12.8 Å². The summed E-state index contributed by atoms with van der Waals surface area (Å²) in [4.78, 5) is 14.0. The summed E-state index contributed by atoms with van der Waals surface area (Å²) in [5, 5.41) is 0. The highest BCUT2D eigenvalue weighted by molar-refractivity contribution is 5.78. The Hall–Kier alpha value is -2.29. The SMILES string of the molecule is CCc1ccc(CN(C)C(=O)Cc2ccc(N)cc2)cc1. The van der Waals surface area contributed by atoms with Crippen LogP contribution in [0, 0.1) is 0 Å². The van der Waals surface area contributed by atoms with Crippen molar-refractivity contribution in [3.63, 3.8) is 0 Å². The van der Waals surface area contributed by atoms with E-state index in [0.717, 1.165) is 23.2 Å². The molecule has 0 saturated heterocycles. The summed E-state index contributed by atoms with van der Waals surface area (Å²) in [6, 6.07) is 15.9. The lowest BCUT2D eigenvalue weighted by Gasteiger charge is -2.17. The third kappa shape index (κ3) is 4.35. The Bertz CT molecular complexity index is 588. The van der Waals surface area contributed by atoms with Gasteiger partial charge in [-0.1, -0.05) is 43.3 Å². The van der Waals surface area contributed by atoms with E-state index in [9.17, 15) is 4.79 Å². The number of nitrogens with zero attached hydrogens (tertiary/aromatic N) is 1. The van der Waals surface area contributed by atoms with Crippen LogP contribution in [0.4, 0.5) is 5.69 Å². The Labute approximate surface area is 126 Å². The third-order valence-corrected chi connectivity index (χ3v) is 3.61. The zero-order valence-corrected chi connectivity index (χ0v) is 12.7. The molecule has 110 valence electrons. The van der Waals surface area contributed by atoms with Crippen molar-refractivity contribution in [2.24, 2.45) is 0 Å². The van der Waals surface area contributed by atoms with Crippen LogP contribution in [-0.4, -0.2) is 17.9 Å². The number of benzene rings is 2. The fourth-order valence-electron chi connectivity index (χ4n) is 2.19. The second kappa shape index (κ2) is 6.93. The molecule has 0 spiro atoms. The number of aryl methyl sites for hydroxylation is 1. The Balaban J connectivity index is 1.93. The maximum atomic E-state index is 12.2. The maximum absolute atomic E-state index is 12.2. The molecule has 1 amide bonds. The van der Waals surface area contributed by atoms with Crippen molar-refractivity contribution in [3.8, 4) is 0 Å². The molecule has 2 N–H and O–H groups in total. The highest BCUT2D eigenvalue weighted by Gasteiger charge is 2.10. The molecule has 0 saturated carbocycles. The molecule has 0 aromatic heterocycles. The standard InChI is InChI=1S/C18H22N2O/c1-3-14-4-6-16(7-5-14)13-20(2)18(21)12-15-8-10-17(19)11-9-15/h4-11H,3,12-13,19H2,1-2H3. The Morgan fingerprint density at radius 3 is 2.05 bits per heavy atom.